The van der Waals surface area contributed by atoms with Crippen molar-refractivity contribution in [3.05, 3.63) is 23.8 Å². The van der Waals surface area contributed by atoms with E-state index in [0.717, 1.165) is 31.4 Å². The van der Waals surface area contributed by atoms with Crippen molar-refractivity contribution in [2.24, 2.45) is 0 Å². The van der Waals surface area contributed by atoms with Crippen molar-refractivity contribution in [2.45, 2.75) is 81.7 Å². The minimum absolute atomic E-state index is 0.185. The summed E-state index contributed by atoms with van der Waals surface area (Å²) >= 11 is 0. The van der Waals surface area contributed by atoms with E-state index in [4.69, 9.17) is 0 Å². The van der Waals surface area contributed by atoms with Gasteiger partial charge in [-0.25, -0.2) is 8.42 Å². The van der Waals surface area contributed by atoms with E-state index in [-0.39, 0.29) is 16.7 Å². The Labute approximate surface area is 203 Å². The molecule has 1 aromatic carbocycles. The molecule has 1 aliphatic carbocycles. The lowest BCUT2D eigenvalue weighted by Gasteiger charge is -2.31. The van der Waals surface area contributed by atoms with Gasteiger partial charge in [-0.3, -0.25) is 14.5 Å². The van der Waals surface area contributed by atoms with Gasteiger partial charge in [0, 0.05) is 44.7 Å². The van der Waals surface area contributed by atoms with Crippen molar-refractivity contribution in [1.29, 1.82) is 0 Å². The molecule has 34 heavy (non-hydrogen) atoms. The third kappa shape index (κ3) is 5.31. The molecule has 0 aromatic heterocycles. The summed E-state index contributed by atoms with van der Waals surface area (Å²) in [6.45, 7) is 4.02. The van der Waals surface area contributed by atoms with Crippen LogP contribution < -0.4 is 10.2 Å². The van der Waals surface area contributed by atoms with E-state index < -0.39 is 16.1 Å². The van der Waals surface area contributed by atoms with Gasteiger partial charge in [-0.1, -0.05) is 19.3 Å². The molecule has 1 saturated heterocycles. The number of amides is 2. The van der Waals surface area contributed by atoms with E-state index in [1.165, 1.54) is 48.2 Å². The third-order valence-corrected chi connectivity index (χ3v) is 9.46. The number of carbonyl (C=O) groups is 2. The van der Waals surface area contributed by atoms with Gasteiger partial charge in [-0.2, -0.15) is 4.31 Å². The van der Waals surface area contributed by atoms with Crippen LogP contribution in [0, 0.1) is 0 Å². The highest BCUT2D eigenvalue weighted by molar-refractivity contribution is 7.89. The first-order valence-corrected chi connectivity index (χ1v) is 14.1. The minimum atomic E-state index is -3.55. The third-order valence-electron chi connectivity index (χ3n) is 7.57. The number of nitrogens with one attached hydrogen (secondary N) is 1. The number of carbonyl (C=O) groups excluding carboxylic acids is 2. The van der Waals surface area contributed by atoms with Crippen molar-refractivity contribution in [1.82, 2.24) is 14.5 Å². The Morgan fingerprint density at radius 1 is 1.09 bits per heavy atom. The Morgan fingerprint density at radius 2 is 1.79 bits per heavy atom. The SMILES string of the molecule is CC(=O)N1c2ccc(S(=O)(=O)N3CCCC3)cc2CC1C(=O)NCCCN(C)C1CCCCC1. The predicted octanol–water partition coefficient (Wildman–Crippen LogP) is 2.52. The van der Waals surface area contributed by atoms with Crippen LogP contribution in [0.5, 0.6) is 0 Å². The molecule has 3 aliphatic rings. The van der Waals surface area contributed by atoms with Crippen LogP contribution in [-0.4, -0.2) is 74.7 Å². The van der Waals surface area contributed by atoms with Crippen LogP contribution >= 0.6 is 0 Å². The van der Waals surface area contributed by atoms with Crippen LogP contribution in [0.4, 0.5) is 5.69 Å². The highest BCUT2D eigenvalue weighted by Crippen LogP contribution is 2.35. The number of anilines is 1. The van der Waals surface area contributed by atoms with Gasteiger partial charge in [0.25, 0.3) is 0 Å². The van der Waals surface area contributed by atoms with Gasteiger partial charge in [0.15, 0.2) is 0 Å². The van der Waals surface area contributed by atoms with Crippen LogP contribution in [-0.2, 0) is 26.0 Å². The van der Waals surface area contributed by atoms with Gasteiger partial charge in [0.2, 0.25) is 21.8 Å². The molecule has 1 unspecified atom stereocenters. The van der Waals surface area contributed by atoms with Gasteiger partial charge in [0.05, 0.1) is 4.90 Å². The maximum Gasteiger partial charge on any atom is 0.243 e. The molecule has 2 heterocycles. The Kier molecular flexibility index (Phi) is 7.94. The van der Waals surface area contributed by atoms with Crippen molar-refractivity contribution in [2.75, 3.05) is 38.1 Å². The molecule has 0 spiro atoms. The number of sulfonamides is 1. The summed E-state index contributed by atoms with van der Waals surface area (Å²) in [6, 6.07) is 4.88. The summed E-state index contributed by atoms with van der Waals surface area (Å²) < 4.78 is 27.5. The highest BCUT2D eigenvalue weighted by atomic mass is 32.2. The Morgan fingerprint density at radius 3 is 2.47 bits per heavy atom. The number of hydrogen-bond acceptors (Lipinski definition) is 5. The lowest BCUT2D eigenvalue weighted by atomic mass is 9.94. The molecule has 4 rings (SSSR count). The quantitative estimate of drug-likeness (QED) is 0.566. The summed E-state index contributed by atoms with van der Waals surface area (Å²) in [5.74, 6) is -0.401. The molecular formula is C25H38N4O4S. The number of benzene rings is 1. The van der Waals surface area contributed by atoms with Crippen LogP contribution in [0.25, 0.3) is 0 Å². The monoisotopic (exact) mass is 490 g/mol. The molecule has 1 atom stereocenters. The van der Waals surface area contributed by atoms with Gasteiger partial charge in [0.1, 0.15) is 6.04 Å². The first-order valence-electron chi connectivity index (χ1n) is 12.7. The molecule has 2 aliphatic heterocycles. The fraction of sp³-hybridized carbons (Fsp3) is 0.680. The van der Waals surface area contributed by atoms with Crippen molar-refractivity contribution in [3.8, 4) is 0 Å². The molecule has 0 radical (unpaired) electrons. The molecule has 2 amide bonds. The molecule has 2 fully saturated rings. The number of hydrogen-bond donors (Lipinski definition) is 1. The average molecular weight is 491 g/mol. The van der Waals surface area contributed by atoms with Crippen LogP contribution in [0.2, 0.25) is 0 Å². The molecule has 1 saturated carbocycles. The van der Waals surface area contributed by atoms with Gasteiger partial charge in [-0.05, 0) is 69.5 Å². The Bertz CT molecular complexity index is 1000. The maximum atomic E-state index is 13.0. The minimum Gasteiger partial charge on any atom is -0.354 e. The van der Waals surface area contributed by atoms with Gasteiger partial charge >= 0.3 is 0 Å². The summed E-state index contributed by atoms with van der Waals surface area (Å²) in [4.78, 5) is 29.6. The van der Waals surface area contributed by atoms with E-state index in [2.05, 4.69) is 17.3 Å². The van der Waals surface area contributed by atoms with Gasteiger partial charge in [-0.15, -0.1) is 0 Å². The van der Waals surface area contributed by atoms with E-state index in [1.807, 2.05) is 0 Å². The highest BCUT2D eigenvalue weighted by Gasteiger charge is 2.38. The maximum absolute atomic E-state index is 13.0. The predicted molar refractivity (Wildman–Crippen MR) is 132 cm³/mol. The van der Waals surface area contributed by atoms with E-state index >= 15 is 0 Å². The standard InChI is InChI=1S/C25H38N4O4S/c1-19(30)29-23-12-11-22(34(32,33)28-15-6-7-16-28)17-20(23)18-24(29)25(31)26-13-8-14-27(2)21-9-4-3-5-10-21/h11-12,17,21,24H,3-10,13-16,18H2,1-2H3,(H,26,31). The Balaban J connectivity index is 1.37. The lowest BCUT2D eigenvalue weighted by molar-refractivity contribution is -0.125. The molecule has 0 bridgehead atoms. The van der Waals surface area contributed by atoms with E-state index in [9.17, 15) is 18.0 Å². The molecule has 8 nitrogen and oxygen atoms in total. The zero-order valence-electron chi connectivity index (χ0n) is 20.5. The summed E-state index contributed by atoms with van der Waals surface area (Å²) in [5, 5.41) is 3.01. The average Bonchev–Trinajstić information content (AvgIpc) is 3.50. The summed E-state index contributed by atoms with van der Waals surface area (Å²) in [5.41, 5.74) is 1.36. The molecule has 9 heteroatoms. The normalized spacial score (nSPS) is 21.7. The second-order valence-electron chi connectivity index (χ2n) is 9.93. The number of rotatable bonds is 8. The molecule has 1 aromatic rings. The van der Waals surface area contributed by atoms with Crippen LogP contribution in [0.15, 0.2) is 23.1 Å². The topological polar surface area (TPSA) is 90.0 Å². The fourth-order valence-electron chi connectivity index (χ4n) is 5.63. The molecule has 1 N–H and O–H groups in total. The van der Waals surface area contributed by atoms with Crippen molar-refractivity contribution >= 4 is 27.5 Å². The van der Waals surface area contributed by atoms with Crippen molar-refractivity contribution < 1.29 is 18.0 Å². The zero-order chi connectivity index (χ0) is 24.3. The Hall–Kier alpha value is -1.97. The zero-order valence-corrected chi connectivity index (χ0v) is 21.3. The number of nitrogens with zero attached hydrogens (tertiary/aromatic N) is 3. The van der Waals surface area contributed by atoms with Crippen molar-refractivity contribution in [3.63, 3.8) is 0 Å². The smallest absolute Gasteiger partial charge is 0.243 e. The molecule has 188 valence electrons. The number of fused-ring (bicyclic) bond motifs is 1. The summed E-state index contributed by atoms with van der Waals surface area (Å²) in [7, 11) is -1.38. The lowest BCUT2D eigenvalue weighted by Crippen LogP contribution is -2.47. The second kappa shape index (κ2) is 10.7. The van der Waals surface area contributed by atoms with Crippen LogP contribution in [0.1, 0.15) is 63.9 Å². The fourth-order valence-corrected chi connectivity index (χ4v) is 7.20. The first-order chi connectivity index (χ1) is 16.3. The van der Waals surface area contributed by atoms with E-state index in [0.29, 0.717) is 37.8 Å². The van der Waals surface area contributed by atoms with Gasteiger partial charge < -0.3 is 10.2 Å². The summed E-state index contributed by atoms with van der Waals surface area (Å²) in [6.07, 6.45) is 9.39. The van der Waals surface area contributed by atoms with Crippen LogP contribution in [0.3, 0.4) is 0 Å². The van der Waals surface area contributed by atoms with E-state index in [1.54, 1.807) is 18.2 Å². The largest absolute Gasteiger partial charge is 0.354 e. The first kappa shape index (κ1) is 25.1. The molecular weight excluding hydrogens is 452 g/mol. The second-order valence-corrected chi connectivity index (χ2v) is 11.9.